The van der Waals surface area contributed by atoms with Crippen LogP contribution < -0.4 is 5.32 Å². The van der Waals surface area contributed by atoms with Crippen molar-refractivity contribution in [2.75, 3.05) is 11.9 Å². The lowest BCUT2D eigenvalue weighted by atomic mass is 10.2. The molecule has 2 rings (SSSR count). The highest BCUT2D eigenvalue weighted by Crippen LogP contribution is 2.38. The van der Waals surface area contributed by atoms with Gasteiger partial charge in [0.1, 0.15) is 12.0 Å². The van der Waals surface area contributed by atoms with Gasteiger partial charge in [0.05, 0.1) is 17.1 Å². The topological polar surface area (TPSA) is 88.3 Å². The molecule has 1 aromatic heterocycles. The summed E-state index contributed by atoms with van der Waals surface area (Å²) in [6.07, 6.45) is 3.03. The molecule has 1 aliphatic rings. The molecule has 0 amide bonds. The van der Waals surface area contributed by atoms with Crippen molar-refractivity contribution >= 4 is 11.5 Å². The van der Waals surface area contributed by atoms with E-state index in [0.717, 1.165) is 12.8 Å². The maximum atomic E-state index is 10.5. The highest BCUT2D eigenvalue weighted by molar-refractivity contribution is 5.51. The minimum Gasteiger partial charge on any atom is -0.394 e. The van der Waals surface area contributed by atoms with Gasteiger partial charge < -0.3 is 10.4 Å². The molecule has 1 heterocycles. The lowest BCUT2D eigenvalue weighted by Gasteiger charge is -2.16. The monoisotopic (exact) mass is 223 g/mol. The molecule has 1 fully saturated rings. The molecular formula is C10H13N3O3. The van der Waals surface area contributed by atoms with Crippen LogP contribution >= 0.6 is 0 Å². The molecule has 1 saturated carbocycles. The number of anilines is 1. The number of pyridine rings is 1. The van der Waals surface area contributed by atoms with Crippen LogP contribution in [0.4, 0.5) is 11.5 Å². The zero-order valence-electron chi connectivity index (χ0n) is 8.93. The number of aliphatic hydroxyl groups excluding tert-OH is 1. The van der Waals surface area contributed by atoms with Crippen molar-refractivity contribution in [2.24, 2.45) is 0 Å². The first kappa shape index (κ1) is 10.8. The van der Waals surface area contributed by atoms with Gasteiger partial charge in [0.25, 0.3) is 5.69 Å². The minimum absolute atomic E-state index is 0.0168. The Hall–Kier alpha value is -1.69. The van der Waals surface area contributed by atoms with Crippen molar-refractivity contribution in [3.63, 3.8) is 0 Å². The predicted octanol–water partition coefficient (Wildman–Crippen LogP) is 1.24. The van der Waals surface area contributed by atoms with Crippen LogP contribution in [0.3, 0.4) is 0 Å². The molecule has 0 spiro atoms. The van der Waals surface area contributed by atoms with Crippen LogP contribution in [-0.2, 0) is 0 Å². The summed E-state index contributed by atoms with van der Waals surface area (Å²) in [5, 5.41) is 22.8. The third-order valence-electron chi connectivity index (χ3n) is 2.81. The zero-order valence-corrected chi connectivity index (χ0v) is 8.93. The molecule has 0 bridgehead atoms. The van der Waals surface area contributed by atoms with E-state index in [9.17, 15) is 10.1 Å². The first-order valence-corrected chi connectivity index (χ1v) is 5.06. The number of aromatic nitrogens is 1. The summed E-state index contributed by atoms with van der Waals surface area (Å²) in [5.41, 5.74) is 0.444. The van der Waals surface area contributed by atoms with Gasteiger partial charge in [0.15, 0.2) is 0 Å². The van der Waals surface area contributed by atoms with Crippen molar-refractivity contribution in [1.82, 2.24) is 4.98 Å². The molecule has 0 aliphatic heterocycles. The second-order valence-electron chi connectivity index (χ2n) is 4.18. The lowest BCUT2D eigenvalue weighted by Crippen LogP contribution is -2.26. The number of hydrogen-bond donors (Lipinski definition) is 2. The van der Waals surface area contributed by atoms with Crippen molar-refractivity contribution in [2.45, 2.75) is 25.3 Å². The van der Waals surface area contributed by atoms with E-state index in [1.165, 1.54) is 12.3 Å². The van der Waals surface area contributed by atoms with E-state index in [4.69, 9.17) is 5.11 Å². The van der Waals surface area contributed by atoms with E-state index in [-0.39, 0.29) is 17.8 Å². The van der Waals surface area contributed by atoms with Gasteiger partial charge in [0.2, 0.25) is 0 Å². The van der Waals surface area contributed by atoms with Crippen molar-refractivity contribution in [3.05, 3.63) is 27.9 Å². The molecule has 0 radical (unpaired) electrons. The average Bonchev–Trinajstić information content (AvgIpc) is 3.01. The second kappa shape index (κ2) is 3.71. The third-order valence-corrected chi connectivity index (χ3v) is 2.81. The number of aryl methyl sites for hydroxylation is 1. The second-order valence-corrected chi connectivity index (χ2v) is 4.18. The Morgan fingerprint density at radius 2 is 2.38 bits per heavy atom. The van der Waals surface area contributed by atoms with Gasteiger partial charge in [-0.25, -0.2) is 4.98 Å². The highest BCUT2D eigenvalue weighted by Gasteiger charge is 2.42. The van der Waals surface area contributed by atoms with Crippen LogP contribution in [0.2, 0.25) is 0 Å². The summed E-state index contributed by atoms with van der Waals surface area (Å²) in [7, 11) is 0. The standard InChI is InChI=1S/C10H13N3O3/c1-7-4-8(13(15)16)5-11-9(7)12-10(6-14)2-3-10/h4-5,14H,2-3,6H2,1H3,(H,11,12). The van der Waals surface area contributed by atoms with Gasteiger partial charge in [-0.1, -0.05) is 0 Å². The van der Waals surface area contributed by atoms with E-state index in [2.05, 4.69) is 10.3 Å². The molecule has 1 aromatic rings. The molecule has 0 aromatic carbocycles. The number of nitrogens with one attached hydrogen (secondary N) is 1. The predicted molar refractivity (Wildman–Crippen MR) is 58.3 cm³/mol. The van der Waals surface area contributed by atoms with Crippen LogP contribution in [-0.4, -0.2) is 27.2 Å². The molecule has 0 unspecified atom stereocenters. The Morgan fingerprint density at radius 3 is 2.81 bits per heavy atom. The van der Waals surface area contributed by atoms with Crippen LogP contribution in [0.15, 0.2) is 12.3 Å². The van der Waals surface area contributed by atoms with E-state index in [1.54, 1.807) is 6.92 Å². The fourth-order valence-corrected chi connectivity index (χ4v) is 1.52. The highest BCUT2D eigenvalue weighted by atomic mass is 16.6. The van der Waals surface area contributed by atoms with Crippen LogP contribution in [0.5, 0.6) is 0 Å². The smallest absolute Gasteiger partial charge is 0.287 e. The third kappa shape index (κ3) is 1.96. The zero-order chi connectivity index (χ0) is 11.8. The molecule has 2 N–H and O–H groups in total. The van der Waals surface area contributed by atoms with Crippen molar-refractivity contribution in [1.29, 1.82) is 0 Å². The van der Waals surface area contributed by atoms with E-state index in [1.807, 2.05) is 0 Å². The number of hydrogen-bond acceptors (Lipinski definition) is 5. The summed E-state index contributed by atoms with van der Waals surface area (Å²) in [5.74, 6) is 0.608. The molecule has 86 valence electrons. The minimum atomic E-state index is -0.470. The average molecular weight is 223 g/mol. The fraction of sp³-hybridized carbons (Fsp3) is 0.500. The number of nitro groups is 1. The maximum absolute atomic E-state index is 10.5. The first-order chi connectivity index (χ1) is 7.56. The maximum Gasteiger partial charge on any atom is 0.287 e. The Balaban J connectivity index is 2.20. The van der Waals surface area contributed by atoms with E-state index < -0.39 is 4.92 Å². The molecule has 6 nitrogen and oxygen atoms in total. The molecule has 16 heavy (non-hydrogen) atoms. The Kier molecular flexibility index (Phi) is 2.51. The SMILES string of the molecule is Cc1cc([N+](=O)[O-])cnc1NC1(CO)CC1. The van der Waals surface area contributed by atoms with Crippen LogP contribution in [0.1, 0.15) is 18.4 Å². The molecule has 6 heteroatoms. The van der Waals surface area contributed by atoms with Gasteiger partial charge in [-0.15, -0.1) is 0 Å². The molecular weight excluding hydrogens is 210 g/mol. The normalized spacial score (nSPS) is 16.9. The van der Waals surface area contributed by atoms with Crippen molar-refractivity contribution in [3.8, 4) is 0 Å². The Morgan fingerprint density at radius 1 is 1.69 bits per heavy atom. The summed E-state index contributed by atoms with van der Waals surface area (Å²) in [6.45, 7) is 1.82. The molecule has 1 aliphatic carbocycles. The number of rotatable bonds is 4. The van der Waals surface area contributed by atoms with Gasteiger partial charge in [-0.2, -0.15) is 0 Å². The molecule has 0 atom stereocenters. The molecule has 0 saturated heterocycles. The van der Waals surface area contributed by atoms with Gasteiger partial charge >= 0.3 is 0 Å². The summed E-state index contributed by atoms with van der Waals surface area (Å²) >= 11 is 0. The summed E-state index contributed by atoms with van der Waals surface area (Å²) in [4.78, 5) is 14.1. The van der Waals surface area contributed by atoms with Crippen molar-refractivity contribution < 1.29 is 10.0 Å². The fourth-order valence-electron chi connectivity index (χ4n) is 1.52. The number of aliphatic hydroxyl groups is 1. The van der Waals surface area contributed by atoms with Crippen LogP contribution in [0.25, 0.3) is 0 Å². The summed E-state index contributed by atoms with van der Waals surface area (Å²) in [6, 6.07) is 1.47. The first-order valence-electron chi connectivity index (χ1n) is 5.06. The van der Waals surface area contributed by atoms with Gasteiger partial charge in [-0.05, 0) is 25.3 Å². The Labute approximate surface area is 92.5 Å². The number of nitrogens with zero attached hydrogens (tertiary/aromatic N) is 2. The van der Waals surface area contributed by atoms with Crippen LogP contribution in [0, 0.1) is 17.0 Å². The lowest BCUT2D eigenvalue weighted by molar-refractivity contribution is -0.385. The van der Waals surface area contributed by atoms with Gasteiger partial charge in [0, 0.05) is 6.07 Å². The quantitative estimate of drug-likeness (QED) is 0.592. The van der Waals surface area contributed by atoms with Gasteiger partial charge in [-0.3, -0.25) is 10.1 Å². The summed E-state index contributed by atoms with van der Waals surface area (Å²) < 4.78 is 0. The van der Waals surface area contributed by atoms with E-state index in [0.29, 0.717) is 11.4 Å². The largest absolute Gasteiger partial charge is 0.394 e. The Bertz CT molecular complexity index is 429. The van der Waals surface area contributed by atoms with E-state index >= 15 is 0 Å².